The summed E-state index contributed by atoms with van der Waals surface area (Å²) in [7, 11) is 1.58. The maximum absolute atomic E-state index is 13.2. The summed E-state index contributed by atoms with van der Waals surface area (Å²) >= 11 is 0. The number of rotatable bonds is 7. The minimum absolute atomic E-state index is 0.00417. The Morgan fingerprint density at radius 2 is 1.80 bits per heavy atom. The lowest BCUT2D eigenvalue weighted by Crippen LogP contribution is -2.39. The van der Waals surface area contributed by atoms with Gasteiger partial charge in [-0.25, -0.2) is 14.8 Å². The van der Waals surface area contributed by atoms with Crippen LogP contribution in [0.4, 0.5) is 17.2 Å². The number of hydrogen-bond acceptors (Lipinski definition) is 7. The Hall–Kier alpha value is -4.53. The number of benzene rings is 2. The number of aromatic nitrogens is 1. The van der Waals surface area contributed by atoms with Crippen molar-refractivity contribution in [3.63, 3.8) is 0 Å². The molecule has 2 amide bonds. The van der Waals surface area contributed by atoms with Gasteiger partial charge in [-0.15, -0.1) is 0 Å². The normalized spacial score (nSPS) is 12.8. The highest BCUT2D eigenvalue weighted by Gasteiger charge is 2.27. The molecule has 9 nitrogen and oxygen atoms in total. The van der Waals surface area contributed by atoms with Crippen LogP contribution < -0.4 is 15.0 Å². The van der Waals surface area contributed by atoms with Crippen molar-refractivity contribution >= 4 is 40.7 Å². The van der Waals surface area contributed by atoms with Crippen molar-refractivity contribution in [2.75, 3.05) is 30.5 Å². The van der Waals surface area contributed by atoms with E-state index in [1.54, 1.807) is 68.8 Å². The molecule has 3 aromatic rings. The largest absolute Gasteiger partial charge is 0.497 e. The van der Waals surface area contributed by atoms with E-state index in [-0.39, 0.29) is 25.5 Å². The molecule has 1 aliphatic heterocycles. The highest BCUT2D eigenvalue weighted by Crippen LogP contribution is 2.31. The second kappa shape index (κ2) is 10.6. The Kier molecular flexibility index (Phi) is 7.15. The quantitative estimate of drug-likeness (QED) is 0.524. The third kappa shape index (κ3) is 5.52. The summed E-state index contributed by atoms with van der Waals surface area (Å²) in [6, 6.07) is 17.1. The lowest BCUT2D eigenvalue weighted by atomic mass is 10.1. The Morgan fingerprint density at radius 3 is 2.49 bits per heavy atom. The van der Waals surface area contributed by atoms with Crippen LogP contribution in [0.25, 0.3) is 0 Å². The molecule has 178 valence electrons. The summed E-state index contributed by atoms with van der Waals surface area (Å²) in [6.45, 7) is 1.77. The van der Waals surface area contributed by atoms with Crippen molar-refractivity contribution in [3.05, 3.63) is 78.0 Å². The molecule has 0 atom stereocenters. The third-order valence-electron chi connectivity index (χ3n) is 5.30. The van der Waals surface area contributed by atoms with Crippen molar-refractivity contribution in [3.8, 4) is 5.75 Å². The molecule has 0 bridgehead atoms. The molecule has 0 radical (unpaired) electrons. The van der Waals surface area contributed by atoms with Crippen LogP contribution in [-0.4, -0.2) is 48.7 Å². The van der Waals surface area contributed by atoms with Gasteiger partial charge in [-0.1, -0.05) is 0 Å². The molecule has 0 fully saturated rings. The highest BCUT2D eigenvalue weighted by molar-refractivity contribution is 6.18. The lowest BCUT2D eigenvalue weighted by molar-refractivity contribution is -0.120. The second-order valence-electron chi connectivity index (χ2n) is 7.64. The van der Waals surface area contributed by atoms with Crippen LogP contribution in [0, 0.1) is 0 Å². The molecule has 0 aliphatic carbocycles. The average molecular weight is 473 g/mol. The summed E-state index contributed by atoms with van der Waals surface area (Å²) in [5, 5.41) is 2.75. The zero-order valence-corrected chi connectivity index (χ0v) is 19.4. The Bertz CT molecular complexity index is 1270. The van der Waals surface area contributed by atoms with Gasteiger partial charge in [0.25, 0.3) is 0 Å². The van der Waals surface area contributed by atoms with Crippen LogP contribution in [0.15, 0.2) is 71.9 Å². The van der Waals surface area contributed by atoms with Gasteiger partial charge < -0.3 is 14.8 Å². The first-order valence-corrected chi connectivity index (χ1v) is 11.0. The molecule has 0 saturated carbocycles. The minimum atomic E-state index is -0.434. The van der Waals surface area contributed by atoms with Gasteiger partial charge in [-0.05, 0) is 73.2 Å². The molecule has 1 aliphatic rings. The fraction of sp³-hybridized carbons (Fsp3) is 0.192. The monoisotopic (exact) mass is 472 g/mol. The Morgan fingerprint density at radius 1 is 1.06 bits per heavy atom. The number of nitrogens with zero attached hydrogens (tertiary/aromatic N) is 3. The van der Waals surface area contributed by atoms with E-state index in [2.05, 4.69) is 15.3 Å². The van der Waals surface area contributed by atoms with E-state index in [4.69, 9.17) is 9.47 Å². The Labute approximate surface area is 202 Å². The van der Waals surface area contributed by atoms with Gasteiger partial charge in [0.2, 0.25) is 11.8 Å². The summed E-state index contributed by atoms with van der Waals surface area (Å²) in [4.78, 5) is 48.2. The first-order chi connectivity index (χ1) is 17.0. The van der Waals surface area contributed by atoms with E-state index < -0.39 is 11.9 Å². The van der Waals surface area contributed by atoms with E-state index in [1.807, 2.05) is 12.1 Å². The number of carbonyl (C=O) groups is 3. The number of aliphatic imine (C=N–C) groups is 1. The van der Waals surface area contributed by atoms with Crippen molar-refractivity contribution in [1.29, 1.82) is 0 Å². The van der Waals surface area contributed by atoms with Crippen molar-refractivity contribution < 1.29 is 23.9 Å². The molecule has 4 rings (SSSR count). The van der Waals surface area contributed by atoms with Gasteiger partial charge >= 0.3 is 5.97 Å². The van der Waals surface area contributed by atoms with Crippen molar-refractivity contribution in [2.45, 2.75) is 13.3 Å². The van der Waals surface area contributed by atoms with Gasteiger partial charge in [-0.3, -0.25) is 14.5 Å². The fourth-order valence-corrected chi connectivity index (χ4v) is 3.59. The third-order valence-corrected chi connectivity index (χ3v) is 5.30. The number of nitrogens with one attached hydrogen (secondary N) is 1. The number of esters is 1. The van der Waals surface area contributed by atoms with Crippen LogP contribution in [-0.2, 0) is 14.3 Å². The average Bonchev–Trinajstić information content (AvgIpc) is 3.01. The highest BCUT2D eigenvalue weighted by atomic mass is 16.5. The zero-order chi connectivity index (χ0) is 24.8. The Balaban J connectivity index is 1.51. The van der Waals surface area contributed by atoms with Gasteiger partial charge in [0, 0.05) is 11.9 Å². The van der Waals surface area contributed by atoms with Crippen LogP contribution >= 0.6 is 0 Å². The number of ether oxygens (including phenoxy) is 2. The van der Waals surface area contributed by atoms with Crippen molar-refractivity contribution in [2.24, 2.45) is 4.99 Å². The molecule has 1 aromatic heterocycles. The summed E-state index contributed by atoms with van der Waals surface area (Å²) in [5.74, 6) is -0.133. The topological polar surface area (TPSA) is 110 Å². The van der Waals surface area contributed by atoms with Gasteiger partial charge in [0.05, 0.1) is 31.4 Å². The molecular formula is C26H24N4O5. The lowest BCUT2D eigenvalue weighted by Gasteiger charge is -2.20. The predicted octanol–water partition coefficient (Wildman–Crippen LogP) is 3.76. The number of methoxy groups -OCH3 is 1. The van der Waals surface area contributed by atoms with Crippen LogP contribution in [0.5, 0.6) is 5.75 Å². The van der Waals surface area contributed by atoms with Gasteiger partial charge in [-0.2, -0.15) is 0 Å². The minimum Gasteiger partial charge on any atom is -0.497 e. The van der Waals surface area contributed by atoms with Gasteiger partial charge in [0.15, 0.2) is 5.82 Å². The standard InChI is InChI=1S/C26H24N4O5/c1-3-35-26(33)18-6-10-19(11-7-18)28-23(31)16-30-24(32)15-22(17-8-12-20(34-2)13-9-17)29-21-5-4-14-27-25(21)30/h4-14H,3,15-16H2,1-2H3,(H,28,31). The van der Waals surface area contributed by atoms with Gasteiger partial charge in [0.1, 0.15) is 18.0 Å². The number of fused-ring (bicyclic) bond motifs is 1. The molecule has 0 unspecified atom stereocenters. The molecule has 2 aromatic carbocycles. The molecule has 2 heterocycles. The zero-order valence-electron chi connectivity index (χ0n) is 19.4. The molecule has 0 saturated heterocycles. The summed E-state index contributed by atoms with van der Waals surface area (Å²) in [5.41, 5.74) is 2.72. The second-order valence-corrected chi connectivity index (χ2v) is 7.64. The number of amides is 2. The number of hydrogen-bond donors (Lipinski definition) is 1. The number of carbonyl (C=O) groups excluding carboxylic acids is 3. The van der Waals surface area contributed by atoms with E-state index in [0.29, 0.717) is 34.2 Å². The first kappa shape index (κ1) is 23.6. The molecule has 1 N–H and O–H groups in total. The van der Waals surface area contributed by atoms with Crippen LogP contribution in [0.2, 0.25) is 0 Å². The molecule has 35 heavy (non-hydrogen) atoms. The van der Waals surface area contributed by atoms with E-state index in [9.17, 15) is 14.4 Å². The predicted molar refractivity (Wildman–Crippen MR) is 131 cm³/mol. The number of anilines is 2. The summed E-state index contributed by atoms with van der Waals surface area (Å²) in [6.07, 6.45) is 1.56. The van der Waals surface area contributed by atoms with E-state index in [0.717, 1.165) is 5.56 Å². The molecule has 0 spiro atoms. The van der Waals surface area contributed by atoms with Crippen LogP contribution in [0.1, 0.15) is 29.3 Å². The smallest absolute Gasteiger partial charge is 0.338 e. The van der Waals surface area contributed by atoms with E-state index in [1.165, 1.54) is 4.90 Å². The fourth-order valence-electron chi connectivity index (χ4n) is 3.59. The summed E-state index contributed by atoms with van der Waals surface area (Å²) < 4.78 is 10.2. The molecular weight excluding hydrogens is 448 g/mol. The number of pyridine rings is 1. The maximum atomic E-state index is 13.2. The van der Waals surface area contributed by atoms with Crippen LogP contribution in [0.3, 0.4) is 0 Å². The van der Waals surface area contributed by atoms with Crippen molar-refractivity contribution in [1.82, 2.24) is 4.98 Å². The molecule has 9 heteroatoms. The van der Waals surface area contributed by atoms with E-state index >= 15 is 0 Å². The first-order valence-electron chi connectivity index (χ1n) is 11.0. The SMILES string of the molecule is CCOC(=O)c1ccc(NC(=O)CN2C(=O)CC(c3ccc(OC)cc3)=Nc3cccnc32)cc1. The maximum Gasteiger partial charge on any atom is 0.338 e.